The summed E-state index contributed by atoms with van der Waals surface area (Å²) in [5, 5.41) is 9.92. The Bertz CT molecular complexity index is 668. The van der Waals surface area contributed by atoms with Gasteiger partial charge in [-0.25, -0.2) is 9.78 Å². The molecule has 0 bridgehead atoms. The van der Waals surface area contributed by atoms with Gasteiger partial charge in [-0.05, 0) is 44.7 Å². The number of ether oxygens (including phenoxy) is 1. The van der Waals surface area contributed by atoms with Crippen molar-refractivity contribution in [3.05, 3.63) is 42.4 Å². The summed E-state index contributed by atoms with van der Waals surface area (Å²) in [6.45, 7) is 2.96. The summed E-state index contributed by atoms with van der Waals surface area (Å²) < 4.78 is 7.79. The van der Waals surface area contributed by atoms with Crippen LogP contribution in [0.4, 0.5) is 4.79 Å². The zero-order chi connectivity index (χ0) is 17.5. The largest absolute Gasteiger partial charge is 0.474 e. The second-order valence-electron chi connectivity index (χ2n) is 6.45. The Morgan fingerprint density at radius 2 is 2.20 bits per heavy atom. The Morgan fingerprint density at radius 1 is 1.36 bits per heavy atom. The lowest BCUT2D eigenvalue weighted by molar-refractivity contribution is 0.198. The quantitative estimate of drug-likeness (QED) is 0.809. The molecule has 25 heavy (non-hydrogen) atoms. The highest BCUT2D eigenvalue weighted by Gasteiger charge is 2.18. The molecule has 0 aromatic carbocycles. The summed E-state index contributed by atoms with van der Waals surface area (Å²) in [7, 11) is 0. The van der Waals surface area contributed by atoms with E-state index < -0.39 is 0 Å². The molecule has 2 amide bonds. The number of urea groups is 1. The topological polar surface area (TPSA) is 81.1 Å². The lowest BCUT2D eigenvalue weighted by atomic mass is 10.2. The Balaban J connectivity index is 1.48. The van der Waals surface area contributed by atoms with Gasteiger partial charge in [0.2, 0.25) is 5.88 Å². The van der Waals surface area contributed by atoms with E-state index >= 15 is 0 Å². The second kappa shape index (κ2) is 8.50. The van der Waals surface area contributed by atoms with Crippen LogP contribution in [-0.2, 0) is 13.1 Å². The van der Waals surface area contributed by atoms with Gasteiger partial charge < -0.3 is 15.4 Å². The average molecular weight is 343 g/mol. The van der Waals surface area contributed by atoms with Crippen LogP contribution in [0.25, 0.3) is 0 Å². The summed E-state index contributed by atoms with van der Waals surface area (Å²) in [5.74, 6) is 0.624. The molecule has 7 heteroatoms. The Hall–Kier alpha value is -2.57. The smallest absolute Gasteiger partial charge is 0.315 e. The number of carbonyl (C=O) groups excluding carboxylic acids is 1. The number of amides is 2. The highest BCUT2D eigenvalue weighted by molar-refractivity contribution is 5.74. The van der Waals surface area contributed by atoms with Crippen molar-refractivity contribution < 1.29 is 9.53 Å². The SMILES string of the molecule is C[C@H](Cn1cccn1)NC(=O)NCc1cccnc1OC1CCCC1. The maximum absolute atomic E-state index is 12.1. The molecule has 0 aliphatic heterocycles. The molecule has 1 saturated carbocycles. The number of pyridine rings is 1. The molecule has 2 aromatic heterocycles. The van der Waals surface area contributed by atoms with Crippen LogP contribution in [-0.4, -0.2) is 32.9 Å². The molecule has 2 heterocycles. The van der Waals surface area contributed by atoms with Gasteiger partial charge in [-0.15, -0.1) is 0 Å². The number of carbonyl (C=O) groups is 1. The highest BCUT2D eigenvalue weighted by Crippen LogP contribution is 2.24. The van der Waals surface area contributed by atoms with E-state index in [1.807, 2.05) is 31.3 Å². The molecule has 0 spiro atoms. The first kappa shape index (κ1) is 17.3. The van der Waals surface area contributed by atoms with Crippen molar-refractivity contribution in [3.8, 4) is 5.88 Å². The van der Waals surface area contributed by atoms with E-state index in [1.54, 1.807) is 17.1 Å². The predicted molar refractivity (Wildman–Crippen MR) is 94.2 cm³/mol. The molecule has 0 saturated heterocycles. The van der Waals surface area contributed by atoms with Crippen LogP contribution >= 0.6 is 0 Å². The van der Waals surface area contributed by atoms with E-state index in [1.165, 1.54) is 12.8 Å². The lowest BCUT2D eigenvalue weighted by Crippen LogP contribution is -2.42. The first-order chi connectivity index (χ1) is 12.2. The Labute approximate surface area is 147 Å². The molecular formula is C18H25N5O2. The summed E-state index contributed by atoms with van der Waals surface area (Å²) in [6.07, 6.45) is 10.1. The van der Waals surface area contributed by atoms with Gasteiger partial charge in [0.05, 0.1) is 6.54 Å². The third-order valence-corrected chi connectivity index (χ3v) is 4.27. The van der Waals surface area contributed by atoms with Crippen LogP contribution in [0, 0.1) is 0 Å². The fourth-order valence-corrected chi connectivity index (χ4v) is 3.01. The number of aromatic nitrogens is 3. The van der Waals surface area contributed by atoms with Crippen molar-refractivity contribution in [2.24, 2.45) is 0 Å². The molecule has 7 nitrogen and oxygen atoms in total. The zero-order valence-corrected chi connectivity index (χ0v) is 14.5. The molecule has 0 unspecified atom stereocenters. The molecule has 2 aromatic rings. The molecular weight excluding hydrogens is 318 g/mol. The van der Waals surface area contributed by atoms with Crippen molar-refractivity contribution in [3.63, 3.8) is 0 Å². The van der Waals surface area contributed by atoms with Crippen LogP contribution < -0.4 is 15.4 Å². The van der Waals surface area contributed by atoms with Crippen molar-refractivity contribution in [1.29, 1.82) is 0 Å². The Morgan fingerprint density at radius 3 is 2.96 bits per heavy atom. The van der Waals surface area contributed by atoms with E-state index in [2.05, 4.69) is 20.7 Å². The minimum atomic E-state index is -0.213. The number of hydrogen-bond donors (Lipinski definition) is 2. The number of rotatable bonds is 7. The number of hydrogen-bond acceptors (Lipinski definition) is 4. The minimum Gasteiger partial charge on any atom is -0.474 e. The van der Waals surface area contributed by atoms with Crippen LogP contribution in [0.1, 0.15) is 38.2 Å². The van der Waals surface area contributed by atoms with E-state index in [4.69, 9.17) is 4.74 Å². The van der Waals surface area contributed by atoms with E-state index in [9.17, 15) is 4.79 Å². The molecule has 1 fully saturated rings. The molecule has 3 rings (SSSR count). The zero-order valence-electron chi connectivity index (χ0n) is 14.5. The monoisotopic (exact) mass is 343 g/mol. The lowest BCUT2D eigenvalue weighted by Gasteiger charge is -2.17. The van der Waals surface area contributed by atoms with Crippen molar-refractivity contribution >= 4 is 6.03 Å². The molecule has 1 atom stereocenters. The first-order valence-corrected chi connectivity index (χ1v) is 8.83. The van der Waals surface area contributed by atoms with Crippen LogP contribution in [0.3, 0.4) is 0 Å². The Kier molecular flexibility index (Phi) is 5.87. The molecule has 2 N–H and O–H groups in total. The van der Waals surface area contributed by atoms with Crippen molar-refractivity contribution in [1.82, 2.24) is 25.4 Å². The summed E-state index contributed by atoms with van der Waals surface area (Å²) in [4.78, 5) is 16.4. The maximum atomic E-state index is 12.1. The maximum Gasteiger partial charge on any atom is 0.315 e. The minimum absolute atomic E-state index is 0.0250. The van der Waals surface area contributed by atoms with Crippen LogP contribution in [0.5, 0.6) is 5.88 Å². The fraction of sp³-hybridized carbons (Fsp3) is 0.500. The fourth-order valence-electron chi connectivity index (χ4n) is 3.01. The van der Waals surface area contributed by atoms with Gasteiger partial charge in [-0.3, -0.25) is 4.68 Å². The number of nitrogens with zero attached hydrogens (tertiary/aromatic N) is 3. The van der Waals surface area contributed by atoms with Crippen LogP contribution in [0.2, 0.25) is 0 Å². The third kappa shape index (κ3) is 5.20. The van der Waals surface area contributed by atoms with Gasteiger partial charge >= 0.3 is 6.03 Å². The van der Waals surface area contributed by atoms with E-state index in [-0.39, 0.29) is 18.2 Å². The molecule has 1 aliphatic carbocycles. The predicted octanol–water partition coefficient (Wildman–Crippen LogP) is 2.49. The van der Waals surface area contributed by atoms with Crippen LogP contribution in [0.15, 0.2) is 36.8 Å². The van der Waals surface area contributed by atoms with Gasteiger partial charge in [0.25, 0.3) is 0 Å². The first-order valence-electron chi connectivity index (χ1n) is 8.83. The second-order valence-corrected chi connectivity index (χ2v) is 6.45. The average Bonchev–Trinajstić information content (AvgIpc) is 3.28. The van der Waals surface area contributed by atoms with Gasteiger partial charge in [-0.1, -0.05) is 6.07 Å². The van der Waals surface area contributed by atoms with Gasteiger partial charge in [-0.2, -0.15) is 5.10 Å². The molecule has 1 aliphatic rings. The summed E-state index contributed by atoms with van der Waals surface area (Å²) in [5.41, 5.74) is 0.893. The van der Waals surface area contributed by atoms with E-state index in [0.717, 1.165) is 18.4 Å². The number of nitrogens with one attached hydrogen (secondary N) is 2. The molecule has 134 valence electrons. The van der Waals surface area contributed by atoms with Crippen molar-refractivity contribution in [2.45, 2.75) is 57.8 Å². The van der Waals surface area contributed by atoms with Gasteiger partial charge in [0, 0.05) is 36.7 Å². The van der Waals surface area contributed by atoms with Gasteiger partial charge in [0.1, 0.15) is 6.10 Å². The molecule has 0 radical (unpaired) electrons. The normalized spacial score (nSPS) is 15.7. The third-order valence-electron chi connectivity index (χ3n) is 4.27. The highest BCUT2D eigenvalue weighted by atomic mass is 16.5. The van der Waals surface area contributed by atoms with Crippen molar-refractivity contribution in [2.75, 3.05) is 0 Å². The standard InChI is InChI=1S/C18H25N5O2/c1-14(13-23-11-5-10-21-23)22-18(24)20-12-15-6-4-9-19-17(15)25-16-7-2-3-8-16/h4-6,9-11,14,16H,2-3,7-8,12-13H2,1H3,(H2,20,22,24)/t14-/m1/s1. The van der Waals surface area contributed by atoms with E-state index in [0.29, 0.717) is 19.0 Å². The summed E-state index contributed by atoms with van der Waals surface area (Å²) in [6, 6.07) is 5.42. The van der Waals surface area contributed by atoms with Gasteiger partial charge in [0.15, 0.2) is 0 Å². The summed E-state index contributed by atoms with van der Waals surface area (Å²) >= 11 is 0.